The number of hydrogen-bond acceptors (Lipinski definition) is 3. The lowest BCUT2D eigenvalue weighted by Gasteiger charge is -2.19. The van der Waals surface area contributed by atoms with Crippen LogP contribution in [0.3, 0.4) is 0 Å². The lowest BCUT2D eigenvalue weighted by Crippen LogP contribution is -2.10. The second-order valence-corrected chi connectivity index (χ2v) is 7.88. The van der Waals surface area contributed by atoms with Gasteiger partial charge in [-0.1, -0.05) is 51.1 Å². The Hall–Kier alpha value is -1.87. The van der Waals surface area contributed by atoms with Gasteiger partial charge in [0.05, 0.1) is 11.2 Å². The summed E-state index contributed by atoms with van der Waals surface area (Å²) in [5.74, 6) is 1.02. The third-order valence-electron chi connectivity index (χ3n) is 3.95. The molecule has 3 aromatic rings. The van der Waals surface area contributed by atoms with E-state index < -0.39 is 0 Å². The van der Waals surface area contributed by atoms with Gasteiger partial charge in [-0.15, -0.1) is 11.8 Å². The van der Waals surface area contributed by atoms with Gasteiger partial charge in [0.25, 0.3) is 0 Å². The Kier molecular flexibility index (Phi) is 4.67. The molecule has 2 aromatic carbocycles. The molecule has 0 aliphatic rings. The maximum Gasteiger partial charge on any atom is 0.116 e. The predicted molar refractivity (Wildman–Crippen MR) is 99.1 cm³/mol. The van der Waals surface area contributed by atoms with Crippen LogP contribution >= 0.6 is 11.8 Å². The van der Waals surface area contributed by atoms with Crippen LogP contribution in [0.15, 0.2) is 59.8 Å². The van der Waals surface area contributed by atoms with Gasteiger partial charge in [0.1, 0.15) is 6.33 Å². The number of hydrogen-bond donors (Lipinski definition) is 0. The lowest BCUT2D eigenvalue weighted by atomic mass is 9.87. The number of nitrogens with zero attached hydrogens (tertiary/aromatic N) is 2. The molecule has 0 fully saturated rings. The van der Waals surface area contributed by atoms with E-state index in [0.29, 0.717) is 0 Å². The van der Waals surface area contributed by atoms with Crippen molar-refractivity contribution in [2.75, 3.05) is 5.75 Å². The van der Waals surface area contributed by atoms with E-state index >= 15 is 0 Å². The van der Waals surface area contributed by atoms with Crippen LogP contribution in [0.5, 0.6) is 0 Å². The van der Waals surface area contributed by atoms with E-state index in [9.17, 15) is 0 Å². The van der Waals surface area contributed by atoms with Crippen LogP contribution in [0.2, 0.25) is 0 Å². The Bertz CT molecular complexity index is 783. The SMILES string of the molecule is CC(C)(C)c1ccc(SCCc2ncnc3ccccc23)cc1. The number of aromatic nitrogens is 2. The molecule has 0 saturated carbocycles. The molecule has 0 radical (unpaired) electrons. The zero-order chi connectivity index (χ0) is 16.3. The molecule has 3 rings (SSSR count). The van der Waals surface area contributed by atoms with Gasteiger partial charge >= 0.3 is 0 Å². The third kappa shape index (κ3) is 3.91. The fraction of sp³-hybridized carbons (Fsp3) is 0.300. The summed E-state index contributed by atoms with van der Waals surface area (Å²) in [5.41, 5.74) is 3.75. The van der Waals surface area contributed by atoms with Gasteiger partial charge in [0.15, 0.2) is 0 Å². The van der Waals surface area contributed by atoms with E-state index in [0.717, 1.165) is 23.4 Å². The zero-order valence-corrected chi connectivity index (χ0v) is 14.7. The number of thioether (sulfide) groups is 1. The largest absolute Gasteiger partial charge is 0.241 e. The second-order valence-electron chi connectivity index (χ2n) is 6.71. The van der Waals surface area contributed by atoms with Gasteiger partial charge in [0.2, 0.25) is 0 Å². The van der Waals surface area contributed by atoms with Gasteiger partial charge in [-0.2, -0.15) is 0 Å². The summed E-state index contributed by atoms with van der Waals surface area (Å²) in [6, 6.07) is 17.1. The minimum Gasteiger partial charge on any atom is -0.241 e. The second kappa shape index (κ2) is 6.71. The van der Waals surface area contributed by atoms with Gasteiger partial charge < -0.3 is 0 Å². The van der Waals surface area contributed by atoms with Crippen LogP contribution in [0.1, 0.15) is 32.0 Å². The van der Waals surface area contributed by atoms with Gasteiger partial charge in [-0.05, 0) is 35.6 Å². The quantitative estimate of drug-likeness (QED) is 0.613. The van der Waals surface area contributed by atoms with E-state index in [1.807, 2.05) is 30.0 Å². The van der Waals surface area contributed by atoms with Crippen molar-refractivity contribution in [1.82, 2.24) is 9.97 Å². The maximum atomic E-state index is 4.46. The standard InChI is InChI=1S/C20H22N2S/c1-20(2,3)15-8-10-16(11-9-15)23-13-12-19-17-6-4-5-7-18(17)21-14-22-19/h4-11,14H,12-13H2,1-3H3. The molecular formula is C20H22N2S. The summed E-state index contributed by atoms with van der Waals surface area (Å²) in [7, 11) is 0. The average Bonchev–Trinajstić information content (AvgIpc) is 2.55. The topological polar surface area (TPSA) is 25.8 Å². The first-order chi connectivity index (χ1) is 11.0. The van der Waals surface area contributed by atoms with Gasteiger partial charge in [0, 0.05) is 16.0 Å². The smallest absolute Gasteiger partial charge is 0.116 e. The minimum absolute atomic E-state index is 0.211. The molecule has 1 aromatic heterocycles. The summed E-state index contributed by atoms with van der Waals surface area (Å²) >= 11 is 1.88. The fourth-order valence-corrected chi connectivity index (χ4v) is 3.44. The average molecular weight is 322 g/mol. The Balaban J connectivity index is 1.65. The molecule has 1 heterocycles. The highest BCUT2D eigenvalue weighted by Crippen LogP contribution is 2.26. The van der Waals surface area contributed by atoms with E-state index in [2.05, 4.69) is 61.1 Å². The molecule has 0 bridgehead atoms. The number of fused-ring (bicyclic) bond motifs is 1. The minimum atomic E-state index is 0.211. The number of aryl methyl sites for hydroxylation is 1. The molecular weight excluding hydrogens is 300 g/mol. The summed E-state index contributed by atoms with van der Waals surface area (Å²) in [6.45, 7) is 6.74. The van der Waals surface area contributed by atoms with E-state index in [1.165, 1.54) is 15.8 Å². The van der Waals surface area contributed by atoms with Crippen LogP contribution in [0.4, 0.5) is 0 Å². The fourth-order valence-electron chi connectivity index (χ4n) is 2.58. The van der Waals surface area contributed by atoms with Crippen molar-refractivity contribution in [3.05, 3.63) is 66.1 Å². The van der Waals surface area contributed by atoms with Crippen molar-refractivity contribution < 1.29 is 0 Å². The Morgan fingerprint density at radius 2 is 1.65 bits per heavy atom. The van der Waals surface area contributed by atoms with Crippen molar-refractivity contribution in [2.45, 2.75) is 37.5 Å². The molecule has 2 nitrogen and oxygen atoms in total. The van der Waals surface area contributed by atoms with Crippen LogP contribution in [-0.2, 0) is 11.8 Å². The van der Waals surface area contributed by atoms with Crippen molar-refractivity contribution in [3.8, 4) is 0 Å². The van der Waals surface area contributed by atoms with Crippen molar-refractivity contribution >= 4 is 22.7 Å². The first-order valence-electron chi connectivity index (χ1n) is 7.96. The normalized spacial score (nSPS) is 11.8. The van der Waals surface area contributed by atoms with Crippen molar-refractivity contribution in [1.29, 1.82) is 0 Å². The molecule has 23 heavy (non-hydrogen) atoms. The van der Waals surface area contributed by atoms with Crippen LogP contribution < -0.4 is 0 Å². The first-order valence-corrected chi connectivity index (χ1v) is 8.94. The summed E-state index contributed by atoms with van der Waals surface area (Å²) in [6.07, 6.45) is 2.62. The number of rotatable bonds is 4. The molecule has 0 spiro atoms. The summed E-state index contributed by atoms with van der Waals surface area (Å²) in [5, 5.41) is 1.17. The molecule has 0 N–H and O–H groups in total. The molecule has 0 unspecified atom stereocenters. The molecule has 3 heteroatoms. The predicted octanol–water partition coefficient (Wildman–Crippen LogP) is 5.26. The highest BCUT2D eigenvalue weighted by Gasteiger charge is 2.12. The molecule has 0 aliphatic heterocycles. The Labute approximate surface area is 142 Å². The number of benzene rings is 2. The molecule has 0 amide bonds. The van der Waals surface area contributed by atoms with Crippen LogP contribution in [0.25, 0.3) is 10.9 Å². The Morgan fingerprint density at radius 1 is 0.913 bits per heavy atom. The lowest BCUT2D eigenvalue weighted by molar-refractivity contribution is 0.590. The van der Waals surface area contributed by atoms with Crippen molar-refractivity contribution in [2.24, 2.45) is 0 Å². The summed E-state index contributed by atoms with van der Waals surface area (Å²) in [4.78, 5) is 10.1. The van der Waals surface area contributed by atoms with Gasteiger partial charge in [-0.25, -0.2) is 9.97 Å². The maximum absolute atomic E-state index is 4.46. The van der Waals surface area contributed by atoms with Crippen LogP contribution in [0, 0.1) is 0 Å². The first kappa shape index (κ1) is 16.0. The molecule has 0 saturated heterocycles. The number of para-hydroxylation sites is 1. The Morgan fingerprint density at radius 3 is 2.39 bits per heavy atom. The molecule has 0 aliphatic carbocycles. The van der Waals surface area contributed by atoms with Crippen LogP contribution in [-0.4, -0.2) is 15.7 Å². The van der Waals surface area contributed by atoms with E-state index in [-0.39, 0.29) is 5.41 Å². The third-order valence-corrected chi connectivity index (χ3v) is 4.97. The molecule has 0 atom stereocenters. The summed E-state index contributed by atoms with van der Waals surface area (Å²) < 4.78 is 0. The van der Waals surface area contributed by atoms with Crippen molar-refractivity contribution in [3.63, 3.8) is 0 Å². The highest BCUT2D eigenvalue weighted by molar-refractivity contribution is 7.99. The monoisotopic (exact) mass is 322 g/mol. The molecule has 118 valence electrons. The van der Waals surface area contributed by atoms with E-state index in [4.69, 9.17) is 0 Å². The van der Waals surface area contributed by atoms with Gasteiger partial charge in [-0.3, -0.25) is 0 Å². The zero-order valence-electron chi connectivity index (χ0n) is 13.9. The van der Waals surface area contributed by atoms with E-state index in [1.54, 1.807) is 6.33 Å². The highest BCUT2D eigenvalue weighted by atomic mass is 32.2.